The lowest BCUT2D eigenvalue weighted by molar-refractivity contribution is -0.671. The van der Waals surface area contributed by atoms with Gasteiger partial charge in [0.05, 0.1) is 12.1 Å². The summed E-state index contributed by atoms with van der Waals surface area (Å²) in [6, 6.07) is 11.2. The number of aromatic nitrogens is 2. The van der Waals surface area contributed by atoms with E-state index in [4.69, 9.17) is 4.74 Å². The molecule has 138 valence electrons. The number of carbonyl (C=O) groups excluding carboxylic acids is 2. The zero-order valence-corrected chi connectivity index (χ0v) is 13.7. The monoisotopic (exact) mass is 355 g/mol. The maximum Gasteiger partial charge on any atom is 0.310 e. The van der Waals surface area contributed by atoms with Crippen molar-refractivity contribution in [1.82, 2.24) is 4.98 Å². The van der Waals surface area contributed by atoms with E-state index in [1.54, 1.807) is 13.0 Å². The smallest absolute Gasteiger partial charge is 0.310 e. The Morgan fingerprint density at radius 2 is 1.92 bits per heavy atom. The summed E-state index contributed by atoms with van der Waals surface area (Å²) in [7, 11) is 1.91. The number of aryl methyl sites for hydroxylation is 1. The highest BCUT2D eigenvalue weighted by atomic mass is 16.5. The van der Waals surface area contributed by atoms with E-state index in [0.29, 0.717) is 5.56 Å². The Balaban J connectivity index is 0.00000169. The number of H-pyrrole nitrogens is 1. The first-order valence-corrected chi connectivity index (χ1v) is 7.73. The van der Waals surface area contributed by atoms with Crippen LogP contribution in [0.2, 0.25) is 0 Å². The van der Waals surface area contributed by atoms with Crippen LogP contribution in [-0.4, -0.2) is 16.7 Å². The number of nitrogens with one attached hydrogen (secondary N) is 1. The summed E-state index contributed by atoms with van der Waals surface area (Å²) in [6.45, 7) is 1.72. The quantitative estimate of drug-likeness (QED) is 0.431. The van der Waals surface area contributed by atoms with Gasteiger partial charge in [-0.25, -0.2) is 4.57 Å². The number of fused-ring (bicyclic) bond motifs is 1. The predicted molar refractivity (Wildman–Crippen MR) is 103 cm³/mol. The zero-order valence-electron chi connectivity index (χ0n) is 13.7. The number of ether oxygens (including phenoxy) is 1. The molecule has 0 saturated heterocycles. The minimum atomic E-state index is -0.274. The molecule has 0 aliphatic carbocycles. The van der Waals surface area contributed by atoms with Crippen LogP contribution in [0.1, 0.15) is 43.4 Å². The summed E-state index contributed by atoms with van der Waals surface area (Å²) in [6.07, 6.45) is 4.05. The normalized spacial score (nSPS) is 9.92. The highest BCUT2D eigenvalue weighted by Gasteiger charge is 2.10. The molecule has 0 fully saturated rings. The molecule has 2 aromatic heterocycles. The molecule has 5 nitrogen and oxygen atoms in total. The molecule has 0 aliphatic rings. The molecule has 2 heterocycles. The number of aromatic amines is 1. The summed E-state index contributed by atoms with van der Waals surface area (Å²) >= 11 is 0. The number of Topliss-reactive ketones (excluding diaryl/α,β-unsaturated/α-hetero) is 1. The first kappa shape index (κ1) is 21.1. The molecular weight excluding hydrogens is 328 g/mol. The van der Waals surface area contributed by atoms with Crippen molar-refractivity contribution in [2.45, 2.75) is 34.8 Å². The van der Waals surface area contributed by atoms with E-state index in [2.05, 4.69) is 4.98 Å². The Hall–Kier alpha value is -2.95. The van der Waals surface area contributed by atoms with E-state index in [-0.39, 0.29) is 39.6 Å². The number of hydrogen-bond donors (Lipinski definition) is 1. The third-order valence-corrected chi connectivity index (χ3v) is 3.82. The highest BCUT2D eigenvalue weighted by Crippen LogP contribution is 2.18. The largest absolute Gasteiger partial charge is 0.459 e. The fraction of sp³-hybridized carbons (Fsp3) is 0.286. The van der Waals surface area contributed by atoms with E-state index >= 15 is 0 Å². The van der Waals surface area contributed by atoms with Gasteiger partial charge in [0, 0.05) is 28.1 Å². The average Bonchev–Trinajstić information content (AvgIpc) is 2.95. The predicted octanol–water partition coefficient (Wildman–Crippen LogP) is 3.75. The summed E-state index contributed by atoms with van der Waals surface area (Å²) < 4.78 is 7.23. The van der Waals surface area contributed by atoms with Crippen LogP contribution < -0.4 is 4.57 Å². The Kier molecular flexibility index (Phi) is 7.26. The summed E-state index contributed by atoms with van der Waals surface area (Å²) in [4.78, 5) is 26.6. The first-order chi connectivity index (χ1) is 11.5. The molecule has 3 aromatic rings. The summed E-state index contributed by atoms with van der Waals surface area (Å²) in [5, 5.41) is 0.934. The van der Waals surface area contributed by atoms with Crippen molar-refractivity contribution in [2.24, 2.45) is 7.05 Å². The van der Waals surface area contributed by atoms with Crippen molar-refractivity contribution in [3.8, 4) is 0 Å². The van der Waals surface area contributed by atoms with Crippen LogP contribution in [0, 0.1) is 0 Å². The standard InChI is InChI=1S/C19H18N2O3.2CH4/c1-13(22)15-5-6-18-16(9-15)10-17(20-18)12-24-19(23)8-14-4-3-7-21(2)11-14;;/h3-7,9-11H,8,12H2,1-2H3;2*1H4/p+1. The molecule has 0 aliphatic heterocycles. The number of nitrogens with zero attached hydrogens (tertiary/aromatic N) is 1. The molecule has 0 bridgehead atoms. The van der Waals surface area contributed by atoms with Gasteiger partial charge in [-0.2, -0.15) is 0 Å². The molecule has 0 spiro atoms. The third kappa shape index (κ3) is 5.02. The van der Waals surface area contributed by atoms with E-state index in [0.717, 1.165) is 22.2 Å². The number of esters is 1. The molecule has 26 heavy (non-hydrogen) atoms. The van der Waals surface area contributed by atoms with Gasteiger partial charge in [0.2, 0.25) is 0 Å². The second kappa shape index (κ2) is 8.94. The second-order valence-electron chi connectivity index (χ2n) is 5.87. The van der Waals surface area contributed by atoms with Crippen LogP contribution in [-0.2, 0) is 29.6 Å². The van der Waals surface area contributed by atoms with Crippen LogP contribution in [0.15, 0.2) is 48.8 Å². The summed E-state index contributed by atoms with van der Waals surface area (Å²) in [5.41, 5.74) is 3.30. The lowest BCUT2D eigenvalue weighted by Crippen LogP contribution is -2.27. The van der Waals surface area contributed by atoms with Crippen LogP contribution in [0.5, 0.6) is 0 Å². The highest BCUT2D eigenvalue weighted by molar-refractivity contribution is 5.98. The van der Waals surface area contributed by atoms with Crippen molar-refractivity contribution in [3.05, 3.63) is 65.6 Å². The number of ketones is 1. The lowest BCUT2D eigenvalue weighted by Gasteiger charge is -2.02. The Labute approximate surface area is 154 Å². The summed E-state index contributed by atoms with van der Waals surface area (Å²) in [5.74, 6) is -0.244. The Morgan fingerprint density at radius 3 is 2.62 bits per heavy atom. The number of pyridine rings is 1. The van der Waals surface area contributed by atoms with Gasteiger partial charge >= 0.3 is 5.97 Å². The van der Waals surface area contributed by atoms with E-state index < -0.39 is 0 Å². The SMILES string of the molecule is C.C.CC(=O)c1ccc2[nH]c(COC(=O)Cc3ccc[n+](C)c3)cc2c1. The fourth-order valence-electron chi connectivity index (χ4n) is 2.62. The van der Waals surface area contributed by atoms with Gasteiger partial charge in [0.15, 0.2) is 18.2 Å². The zero-order chi connectivity index (χ0) is 17.1. The number of hydrogen-bond acceptors (Lipinski definition) is 3. The molecule has 0 amide bonds. The Morgan fingerprint density at radius 1 is 1.15 bits per heavy atom. The van der Waals surface area contributed by atoms with Crippen LogP contribution in [0.4, 0.5) is 0 Å². The van der Waals surface area contributed by atoms with Crippen molar-refractivity contribution < 1.29 is 18.9 Å². The average molecular weight is 355 g/mol. The van der Waals surface area contributed by atoms with Gasteiger partial charge in [-0.3, -0.25) is 9.59 Å². The first-order valence-electron chi connectivity index (χ1n) is 7.73. The van der Waals surface area contributed by atoms with Gasteiger partial charge in [-0.1, -0.05) is 14.9 Å². The minimum Gasteiger partial charge on any atom is -0.459 e. The van der Waals surface area contributed by atoms with E-state index in [9.17, 15) is 9.59 Å². The topological polar surface area (TPSA) is 63.0 Å². The number of benzene rings is 1. The Bertz CT molecular complexity index is 913. The molecule has 5 heteroatoms. The number of rotatable bonds is 5. The van der Waals surface area contributed by atoms with Gasteiger partial charge in [0.1, 0.15) is 13.7 Å². The van der Waals surface area contributed by atoms with Crippen LogP contribution in [0.25, 0.3) is 10.9 Å². The number of carbonyl (C=O) groups is 2. The maximum absolute atomic E-state index is 12.0. The molecule has 0 atom stereocenters. The third-order valence-electron chi connectivity index (χ3n) is 3.82. The van der Waals surface area contributed by atoms with Crippen molar-refractivity contribution in [2.75, 3.05) is 0 Å². The van der Waals surface area contributed by atoms with Crippen molar-refractivity contribution in [1.29, 1.82) is 0 Å². The van der Waals surface area contributed by atoms with Gasteiger partial charge in [0.25, 0.3) is 0 Å². The molecule has 1 aromatic carbocycles. The van der Waals surface area contributed by atoms with E-state index in [1.165, 1.54) is 0 Å². The van der Waals surface area contributed by atoms with Crippen molar-refractivity contribution >= 4 is 22.7 Å². The molecule has 0 unspecified atom stereocenters. The minimum absolute atomic E-state index is 0. The molecule has 0 saturated carbocycles. The maximum atomic E-state index is 12.0. The second-order valence-corrected chi connectivity index (χ2v) is 5.87. The van der Waals surface area contributed by atoms with Gasteiger partial charge < -0.3 is 9.72 Å². The molecule has 3 rings (SSSR count). The van der Waals surface area contributed by atoms with Crippen molar-refractivity contribution in [3.63, 3.8) is 0 Å². The molecule has 1 N–H and O–H groups in total. The fourth-order valence-corrected chi connectivity index (χ4v) is 2.62. The van der Waals surface area contributed by atoms with Crippen LogP contribution in [0.3, 0.4) is 0 Å². The van der Waals surface area contributed by atoms with E-state index in [1.807, 2.05) is 54.3 Å². The van der Waals surface area contributed by atoms with Gasteiger partial charge in [-0.05, 0) is 37.3 Å². The molecular formula is C21H27N2O3+. The van der Waals surface area contributed by atoms with Crippen LogP contribution >= 0.6 is 0 Å². The molecule has 0 radical (unpaired) electrons. The van der Waals surface area contributed by atoms with Gasteiger partial charge in [-0.15, -0.1) is 0 Å². The lowest BCUT2D eigenvalue weighted by atomic mass is 10.1.